The molecule has 0 atom stereocenters. The van der Waals surface area contributed by atoms with E-state index in [0.717, 1.165) is 0 Å². The van der Waals surface area contributed by atoms with Gasteiger partial charge < -0.3 is 20.3 Å². The van der Waals surface area contributed by atoms with Crippen molar-refractivity contribution in [2.24, 2.45) is 5.73 Å². The number of phenolic OH excluding ortho intramolecular Hbond substituents is 1. The fourth-order valence-electron chi connectivity index (χ4n) is 1.36. The van der Waals surface area contributed by atoms with Crippen LogP contribution in [-0.4, -0.2) is 25.9 Å². The lowest BCUT2D eigenvalue weighted by Crippen LogP contribution is -2.04. The molecule has 0 heterocycles. The summed E-state index contributed by atoms with van der Waals surface area (Å²) in [5.41, 5.74) is 6.00. The minimum absolute atomic E-state index is 0.0723. The Balaban J connectivity index is 3.31. The van der Waals surface area contributed by atoms with Crippen LogP contribution in [0.2, 0.25) is 5.02 Å². The van der Waals surface area contributed by atoms with Crippen molar-refractivity contribution in [3.8, 4) is 17.2 Å². The molecule has 1 aromatic rings. The monoisotopic (exact) mass is 231 g/mol. The molecular weight excluding hydrogens is 218 g/mol. The van der Waals surface area contributed by atoms with E-state index in [-0.39, 0.29) is 5.75 Å². The number of rotatable bonds is 4. The average molecular weight is 232 g/mol. The quantitative estimate of drug-likeness (QED) is 0.826. The summed E-state index contributed by atoms with van der Waals surface area (Å²) in [6.45, 7) is 0.406. The van der Waals surface area contributed by atoms with Crippen LogP contribution in [0, 0.1) is 0 Å². The highest BCUT2D eigenvalue weighted by Crippen LogP contribution is 2.42. The molecule has 0 aliphatic rings. The molecule has 0 bridgehead atoms. The van der Waals surface area contributed by atoms with Gasteiger partial charge in [0.1, 0.15) is 5.75 Å². The smallest absolute Gasteiger partial charge is 0.179 e. The summed E-state index contributed by atoms with van der Waals surface area (Å²) in [6, 6.07) is 1.47. The molecule has 0 amide bonds. The Morgan fingerprint density at radius 1 is 1.40 bits per heavy atom. The lowest BCUT2D eigenvalue weighted by molar-refractivity contribution is 0.350. The summed E-state index contributed by atoms with van der Waals surface area (Å²) in [5, 5.41) is 10.0. The lowest BCUT2D eigenvalue weighted by atomic mass is 10.1. The van der Waals surface area contributed by atoms with Gasteiger partial charge in [0.05, 0.1) is 19.2 Å². The van der Waals surface area contributed by atoms with Gasteiger partial charge in [-0.1, -0.05) is 11.6 Å². The van der Waals surface area contributed by atoms with E-state index in [1.165, 1.54) is 20.3 Å². The maximum Gasteiger partial charge on any atom is 0.179 e. The van der Waals surface area contributed by atoms with Crippen molar-refractivity contribution in [3.05, 3.63) is 16.7 Å². The minimum Gasteiger partial charge on any atom is -0.507 e. The molecule has 4 nitrogen and oxygen atoms in total. The predicted molar refractivity (Wildman–Crippen MR) is 59.0 cm³/mol. The Morgan fingerprint density at radius 3 is 2.53 bits per heavy atom. The largest absolute Gasteiger partial charge is 0.507 e. The molecule has 0 fully saturated rings. The SMILES string of the molecule is COc1cc(O)c(CCN)c(Cl)c1OC. The summed E-state index contributed by atoms with van der Waals surface area (Å²) >= 11 is 6.06. The van der Waals surface area contributed by atoms with E-state index in [2.05, 4.69) is 0 Å². The second-order valence-electron chi connectivity index (χ2n) is 2.96. The minimum atomic E-state index is 0.0723. The third kappa shape index (κ3) is 2.27. The number of benzene rings is 1. The number of phenols is 1. The normalized spacial score (nSPS) is 10.1. The van der Waals surface area contributed by atoms with E-state index in [9.17, 15) is 5.11 Å². The van der Waals surface area contributed by atoms with Crippen molar-refractivity contribution in [3.63, 3.8) is 0 Å². The van der Waals surface area contributed by atoms with Crippen LogP contribution in [0.5, 0.6) is 17.2 Å². The van der Waals surface area contributed by atoms with Crippen LogP contribution in [0.3, 0.4) is 0 Å². The van der Waals surface area contributed by atoms with Gasteiger partial charge in [-0.2, -0.15) is 0 Å². The fraction of sp³-hybridized carbons (Fsp3) is 0.400. The first-order valence-electron chi connectivity index (χ1n) is 4.48. The van der Waals surface area contributed by atoms with Gasteiger partial charge in [0.25, 0.3) is 0 Å². The zero-order valence-corrected chi connectivity index (χ0v) is 9.47. The van der Waals surface area contributed by atoms with Gasteiger partial charge in [0, 0.05) is 11.6 Å². The number of ether oxygens (including phenoxy) is 2. The van der Waals surface area contributed by atoms with E-state index < -0.39 is 0 Å². The summed E-state index contributed by atoms with van der Waals surface area (Å²) in [7, 11) is 2.98. The summed E-state index contributed by atoms with van der Waals surface area (Å²) in [5.74, 6) is 0.893. The molecule has 0 spiro atoms. The van der Waals surface area contributed by atoms with Crippen LogP contribution in [0.1, 0.15) is 5.56 Å². The van der Waals surface area contributed by atoms with E-state index >= 15 is 0 Å². The molecule has 5 heteroatoms. The lowest BCUT2D eigenvalue weighted by Gasteiger charge is -2.14. The molecule has 0 radical (unpaired) electrons. The molecule has 0 saturated carbocycles. The molecule has 0 aliphatic carbocycles. The highest BCUT2D eigenvalue weighted by molar-refractivity contribution is 6.33. The van der Waals surface area contributed by atoms with Gasteiger partial charge in [-0.25, -0.2) is 0 Å². The molecule has 0 aliphatic heterocycles. The molecule has 3 N–H and O–H groups in total. The van der Waals surface area contributed by atoms with Crippen molar-refractivity contribution < 1.29 is 14.6 Å². The average Bonchev–Trinajstić information content (AvgIpc) is 2.23. The van der Waals surface area contributed by atoms with Crippen LogP contribution in [-0.2, 0) is 6.42 Å². The fourth-order valence-corrected chi connectivity index (χ4v) is 1.72. The maximum absolute atomic E-state index is 9.68. The summed E-state index contributed by atoms with van der Waals surface area (Å²) in [6.07, 6.45) is 0.491. The number of hydrogen-bond donors (Lipinski definition) is 2. The Labute approximate surface area is 93.6 Å². The van der Waals surface area contributed by atoms with Crippen molar-refractivity contribution in [1.82, 2.24) is 0 Å². The van der Waals surface area contributed by atoms with Crippen molar-refractivity contribution in [2.75, 3.05) is 20.8 Å². The summed E-state index contributed by atoms with van der Waals surface area (Å²) in [4.78, 5) is 0. The first-order valence-corrected chi connectivity index (χ1v) is 4.85. The molecule has 0 aromatic heterocycles. The van der Waals surface area contributed by atoms with Gasteiger partial charge >= 0.3 is 0 Å². The molecule has 0 unspecified atom stereocenters. The topological polar surface area (TPSA) is 64.7 Å². The predicted octanol–water partition coefficient (Wildman–Crippen LogP) is 1.56. The molecule has 15 heavy (non-hydrogen) atoms. The van der Waals surface area contributed by atoms with Crippen LogP contribution >= 0.6 is 11.6 Å². The third-order valence-electron chi connectivity index (χ3n) is 2.08. The highest BCUT2D eigenvalue weighted by atomic mass is 35.5. The molecule has 1 rings (SSSR count). The second-order valence-corrected chi connectivity index (χ2v) is 3.34. The third-order valence-corrected chi connectivity index (χ3v) is 2.48. The number of nitrogens with two attached hydrogens (primary N) is 1. The number of aromatic hydroxyl groups is 1. The highest BCUT2D eigenvalue weighted by Gasteiger charge is 2.17. The van der Waals surface area contributed by atoms with E-state index in [4.69, 9.17) is 26.8 Å². The van der Waals surface area contributed by atoms with Crippen LogP contribution in [0.4, 0.5) is 0 Å². The van der Waals surface area contributed by atoms with Crippen LogP contribution < -0.4 is 15.2 Å². The van der Waals surface area contributed by atoms with E-state index in [0.29, 0.717) is 35.1 Å². The Morgan fingerprint density at radius 2 is 2.07 bits per heavy atom. The molecule has 1 aromatic carbocycles. The second kappa shape index (κ2) is 5.09. The standard InChI is InChI=1S/C10H14ClNO3/c1-14-8-5-7(13)6(3-4-12)9(11)10(8)15-2/h5,13H,3-4,12H2,1-2H3. The molecule has 84 valence electrons. The Bertz CT molecular complexity index is 355. The zero-order chi connectivity index (χ0) is 11.4. The number of halogens is 1. The van der Waals surface area contributed by atoms with Gasteiger partial charge in [-0.3, -0.25) is 0 Å². The molecular formula is C10H14ClNO3. The van der Waals surface area contributed by atoms with Crippen LogP contribution in [0.25, 0.3) is 0 Å². The Hall–Kier alpha value is -1.13. The van der Waals surface area contributed by atoms with E-state index in [1.54, 1.807) is 0 Å². The van der Waals surface area contributed by atoms with Crippen molar-refractivity contribution >= 4 is 11.6 Å². The Kier molecular flexibility index (Phi) is 4.05. The van der Waals surface area contributed by atoms with Crippen LogP contribution in [0.15, 0.2) is 6.07 Å². The van der Waals surface area contributed by atoms with Gasteiger partial charge in [0.2, 0.25) is 0 Å². The number of hydrogen-bond acceptors (Lipinski definition) is 4. The first-order chi connectivity index (χ1) is 7.15. The first kappa shape index (κ1) is 11.9. The maximum atomic E-state index is 9.68. The van der Waals surface area contributed by atoms with E-state index in [1.807, 2.05) is 0 Å². The van der Waals surface area contributed by atoms with Crippen molar-refractivity contribution in [1.29, 1.82) is 0 Å². The molecule has 0 saturated heterocycles. The number of methoxy groups -OCH3 is 2. The summed E-state index contributed by atoms with van der Waals surface area (Å²) < 4.78 is 10.1. The van der Waals surface area contributed by atoms with Crippen molar-refractivity contribution in [2.45, 2.75) is 6.42 Å². The van der Waals surface area contributed by atoms with Gasteiger partial charge in [-0.15, -0.1) is 0 Å². The van der Waals surface area contributed by atoms with Gasteiger partial charge in [-0.05, 0) is 13.0 Å². The van der Waals surface area contributed by atoms with Gasteiger partial charge in [0.15, 0.2) is 11.5 Å². The zero-order valence-electron chi connectivity index (χ0n) is 8.71.